The van der Waals surface area contributed by atoms with E-state index in [9.17, 15) is 10.1 Å². The Morgan fingerprint density at radius 3 is 2.29 bits per heavy atom. The van der Waals surface area contributed by atoms with Gasteiger partial charge < -0.3 is 10.2 Å². The van der Waals surface area contributed by atoms with Crippen molar-refractivity contribution in [3.63, 3.8) is 0 Å². The highest BCUT2D eigenvalue weighted by molar-refractivity contribution is 6.10. The van der Waals surface area contributed by atoms with Crippen LogP contribution in [0.5, 0.6) is 0 Å². The van der Waals surface area contributed by atoms with E-state index >= 15 is 0 Å². The molecule has 1 aliphatic heterocycles. The molecule has 1 saturated heterocycles. The summed E-state index contributed by atoms with van der Waals surface area (Å²) in [4.78, 5) is 15.6. The molecule has 1 N–H and O–H groups in total. The number of hydrogen-bond donors (Lipinski definition) is 1. The average Bonchev–Trinajstić information content (AvgIpc) is 3.50. The Kier molecular flexibility index (Phi) is 7.12. The zero-order valence-electron chi connectivity index (χ0n) is 20.1. The van der Waals surface area contributed by atoms with Gasteiger partial charge in [0, 0.05) is 24.3 Å². The fourth-order valence-corrected chi connectivity index (χ4v) is 4.56. The first-order chi connectivity index (χ1) is 16.6. The maximum atomic E-state index is 13.3. The fraction of sp³-hybridized carbons (Fsp3) is 0.321. The minimum atomic E-state index is -0.391. The van der Waals surface area contributed by atoms with Gasteiger partial charge in [-0.05, 0) is 61.9 Å². The third-order valence-electron chi connectivity index (χ3n) is 6.38. The summed E-state index contributed by atoms with van der Waals surface area (Å²) in [7, 11) is 0. The van der Waals surface area contributed by atoms with E-state index in [-0.39, 0.29) is 5.57 Å². The first kappa shape index (κ1) is 23.3. The van der Waals surface area contributed by atoms with E-state index in [0.29, 0.717) is 0 Å². The molecule has 0 aliphatic carbocycles. The maximum absolute atomic E-state index is 13.3. The molecule has 3 aromatic rings. The van der Waals surface area contributed by atoms with Crippen molar-refractivity contribution in [2.45, 2.75) is 46.5 Å². The molecule has 2 aromatic carbocycles. The second-order valence-corrected chi connectivity index (χ2v) is 8.55. The van der Waals surface area contributed by atoms with Crippen LogP contribution in [0, 0.1) is 18.3 Å². The van der Waals surface area contributed by atoms with E-state index in [2.05, 4.69) is 30.1 Å². The molecule has 1 amide bonds. The van der Waals surface area contributed by atoms with Crippen LogP contribution < -0.4 is 10.2 Å². The SMILES string of the molecule is CCc1cccc(CC)c1NC(=O)/C(C#N)=C/c1c(C)nn(-c2ccccc2)c1N1CCCC1. The van der Waals surface area contributed by atoms with Crippen molar-refractivity contribution in [3.8, 4) is 11.8 Å². The van der Waals surface area contributed by atoms with E-state index in [1.54, 1.807) is 6.08 Å². The van der Waals surface area contributed by atoms with Crippen molar-refractivity contribution >= 4 is 23.5 Å². The van der Waals surface area contributed by atoms with Gasteiger partial charge in [0.15, 0.2) is 0 Å². The van der Waals surface area contributed by atoms with Crippen LogP contribution in [0.1, 0.15) is 49.1 Å². The molecule has 0 atom stereocenters. The molecule has 1 aliphatic rings. The quantitative estimate of drug-likeness (QED) is 0.381. The van der Waals surface area contributed by atoms with Gasteiger partial charge in [-0.2, -0.15) is 10.4 Å². The molecule has 6 nitrogen and oxygen atoms in total. The standard InChI is InChI=1S/C28H31N5O/c1-4-21-12-11-13-22(5-2)26(21)30-27(34)23(19-29)18-25-20(3)31-33(24-14-7-6-8-15-24)28(25)32-16-9-10-17-32/h6-8,11-15,18H,4-5,9-10,16-17H2,1-3H3,(H,30,34)/b23-18+. The van der Waals surface area contributed by atoms with Crippen LogP contribution in [0.15, 0.2) is 54.1 Å². The van der Waals surface area contributed by atoms with E-state index in [1.165, 1.54) is 0 Å². The van der Waals surface area contributed by atoms with Gasteiger partial charge in [-0.1, -0.05) is 50.2 Å². The van der Waals surface area contributed by atoms with E-state index in [1.807, 2.05) is 60.1 Å². The second-order valence-electron chi connectivity index (χ2n) is 8.55. The van der Waals surface area contributed by atoms with Crippen molar-refractivity contribution in [2.75, 3.05) is 23.3 Å². The number of benzene rings is 2. The third-order valence-corrected chi connectivity index (χ3v) is 6.38. The van der Waals surface area contributed by atoms with E-state index in [4.69, 9.17) is 5.10 Å². The second kappa shape index (κ2) is 10.4. The summed E-state index contributed by atoms with van der Waals surface area (Å²) in [6, 6.07) is 18.2. The molecule has 0 unspecified atom stereocenters. The Morgan fingerprint density at radius 2 is 1.71 bits per heavy atom. The largest absolute Gasteiger partial charge is 0.356 e. The van der Waals surface area contributed by atoms with Gasteiger partial charge in [-0.25, -0.2) is 4.68 Å². The highest BCUT2D eigenvalue weighted by Crippen LogP contribution is 2.32. The number of rotatable bonds is 7. The van der Waals surface area contributed by atoms with Gasteiger partial charge >= 0.3 is 0 Å². The molecule has 0 radical (unpaired) electrons. The van der Waals surface area contributed by atoms with E-state index in [0.717, 1.165) is 78.3 Å². The van der Waals surface area contributed by atoms with Gasteiger partial charge in [0.05, 0.1) is 11.4 Å². The van der Waals surface area contributed by atoms with Crippen LogP contribution in [-0.2, 0) is 17.6 Å². The molecule has 6 heteroatoms. The highest BCUT2D eigenvalue weighted by atomic mass is 16.1. The van der Waals surface area contributed by atoms with Crippen molar-refractivity contribution in [1.82, 2.24) is 9.78 Å². The maximum Gasteiger partial charge on any atom is 0.266 e. The third kappa shape index (κ3) is 4.60. The molecule has 174 valence electrons. The van der Waals surface area contributed by atoms with Crippen molar-refractivity contribution in [1.29, 1.82) is 5.26 Å². The number of hydrogen-bond acceptors (Lipinski definition) is 4. The van der Waals surface area contributed by atoms with Crippen LogP contribution in [0.4, 0.5) is 11.5 Å². The zero-order chi connectivity index (χ0) is 24.1. The Labute approximate surface area is 201 Å². The Bertz CT molecular complexity index is 1220. The molecule has 0 bridgehead atoms. The molecule has 2 heterocycles. The molecule has 1 aromatic heterocycles. The lowest BCUT2D eigenvalue weighted by atomic mass is 10.0. The first-order valence-corrected chi connectivity index (χ1v) is 12.0. The van der Waals surface area contributed by atoms with Crippen LogP contribution in [0.3, 0.4) is 0 Å². The summed E-state index contributed by atoms with van der Waals surface area (Å²) in [6.07, 6.45) is 5.53. The van der Waals surface area contributed by atoms with E-state index < -0.39 is 5.91 Å². The van der Waals surface area contributed by atoms with Crippen molar-refractivity contribution in [2.24, 2.45) is 0 Å². The van der Waals surface area contributed by atoms with Gasteiger partial charge in [0.2, 0.25) is 0 Å². The Morgan fingerprint density at radius 1 is 1.06 bits per heavy atom. The predicted molar refractivity (Wildman–Crippen MR) is 137 cm³/mol. The van der Waals surface area contributed by atoms with Crippen LogP contribution >= 0.6 is 0 Å². The van der Waals surface area contributed by atoms with Crippen LogP contribution in [-0.4, -0.2) is 28.8 Å². The summed E-state index contributed by atoms with van der Waals surface area (Å²) < 4.78 is 1.93. The lowest BCUT2D eigenvalue weighted by Crippen LogP contribution is -2.22. The van der Waals surface area contributed by atoms with Crippen LogP contribution in [0.2, 0.25) is 0 Å². The van der Waals surface area contributed by atoms with Gasteiger partial charge in [-0.3, -0.25) is 4.79 Å². The van der Waals surface area contributed by atoms with Gasteiger partial charge in [-0.15, -0.1) is 0 Å². The summed E-state index contributed by atoms with van der Waals surface area (Å²) in [6.45, 7) is 7.91. The number of amides is 1. The number of para-hydroxylation sites is 2. The number of carbonyl (C=O) groups excluding carboxylic acids is 1. The van der Waals surface area contributed by atoms with Gasteiger partial charge in [0.25, 0.3) is 5.91 Å². The topological polar surface area (TPSA) is 74.0 Å². The number of aryl methyl sites for hydroxylation is 3. The predicted octanol–water partition coefficient (Wildman–Crippen LogP) is 5.45. The fourth-order valence-electron chi connectivity index (χ4n) is 4.56. The summed E-state index contributed by atoms with van der Waals surface area (Å²) in [5, 5.41) is 17.8. The molecular formula is C28H31N5O. The molecule has 0 spiro atoms. The molecule has 1 fully saturated rings. The summed E-state index contributed by atoms with van der Waals surface area (Å²) in [5.74, 6) is 0.544. The first-order valence-electron chi connectivity index (χ1n) is 12.0. The average molecular weight is 454 g/mol. The number of anilines is 2. The van der Waals surface area contributed by atoms with Crippen LogP contribution in [0.25, 0.3) is 11.8 Å². The van der Waals surface area contributed by atoms with Crippen molar-refractivity contribution < 1.29 is 4.79 Å². The monoisotopic (exact) mass is 453 g/mol. The highest BCUT2D eigenvalue weighted by Gasteiger charge is 2.25. The minimum absolute atomic E-state index is 0.0733. The number of carbonyl (C=O) groups is 1. The molecule has 34 heavy (non-hydrogen) atoms. The number of nitriles is 1. The van der Waals surface area contributed by atoms with Crippen molar-refractivity contribution in [3.05, 3.63) is 76.5 Å². The minimum Gasteiger partial charge on any atom is -0.356 e. The zero-order valence-corrected chi connectivity index (χ0v) is 20.1. The Balaban J connectivity index is 1.76. The molecule has 4 rings (SSSR count). The number of nitrogens with one attached hydrogen (secondary N) is 1. The molecular weight excluding hydrogens is 422 g/mol. The van der Waals surface area contributed by atoms with Gasteiger partial charge in [0.1, 0.15) is 17.5 Å². The summed E-state index contributed by atoms with van der Waals surface area (Å²) >= 11 is 0. The lowest BCUT2D eigenvalue weighted by molar-refractivity contribution is -0.112. The summed E-state index contributed by atoms with van der Waals surface area (Å²) in [5.41, 5.74) is 5.58. The molecule has 0 saturated carbocycles. The number of nitrogens with zero attached hydrogens (tertiary/aromatic N) is 4. The normalized spacial score (nSPS) is 13.7. The number of aromatic nitrogens is 2. The lowest BCUT2D eigenvalue weighted by Gasteiger charge is -2.20. The Hall–Kier alpha value is -3.85. The smallest absolute Gasteiger partial charge is 0.266 e.